The average molecular weight is 158 g/mol. The molecule has 0 aromatic rings. The van der Waals surface area contributed by atoms with Crippen LogP contribution >= 0.6 is 0 Å². The molecule has 0 amide bonds. The Kier molecular flexibility index (Phi) is 2.29. The van der Waals surface area contributed by atoms with E-state index in [9.17, 15) is 0 Å². The molecule has 0 heterocycles. The molecule has 0 nitrogen and oxygen atoms in total. The number of hydrogen-bond acceptors (Lipinski definition) is 0. The first-order valence-electron chi connectivity index (χ1n) is 4.71. The van der Waals surface area contributed by atoms with Crippen molar-refractivity contribution in [3.05, 3.63) is 42.2 Å². The Hall–Kier alpha value is -1.00. The predicted molar refractivity (Wildman–Crippen MR) is 51.8 cm³/mol. The topological polar surface area (TPSA) is 0 Å². The molecule has 0 aromatic carbocycles. The highest BCUT2D eigenvalue weighted by Gasteiger charge is 2.16. The SMILES string of the molecule is C1=CCCC(C2C=CC=CC2)C=1. The maximum Gasteiger partial charge on any atom is -0.00884 e. The summed E-state index contributed by atoms with van der Waals surface area (Å²) in [4.78, 5) is 0. The lowest BCUT2D eigenvalue weighted by atomic mass is 9.83. The van der Waals surface area contributed by atoms with E-state index < -0.39 is 0 Å². The van der Waals surface area contributed by atoms with Crippen LogP contribution in [0.2, 0.25) is 0 Å². The van der Waals surface area contributed by atoms with Gasteiger partial charge < -0.3 is 0 Å². The summed E-state index contributed by atoms with van der Waals surface area (Å²) in [6.07, 6.45) is 17.0. The van der Waals surface area contributed by atoms with Gasteiger partial charge in [-0.2, -0.15) is 0 Å². The van der Waals surface area contributed by atoms with E-state index in [1.54, 1.807) is 0 Å². The van der Waals surface area contributed by atoms with Crippen LogP contribution in [0.1, 0.15) is 19.3 Å². The minimum Gasteiger partial charge on any atom is -0.129 e. The van der Waals surface area contributed by atoms with Gasteiger partial charge in [0.1, 0.15) is 0 Å². The second-order valence-corrected chi connectivity index (χ2v) is 3.49. The van der Waals surface area contributed by atoms with Gasteiger partial charge in [-0.3, -0.25) is 0 Å². The van der Waals surface area contributed by atoms with Crippen LogP contribution in [-0.2, 0) is 0 Å². The highest BCUT2D eigenvalue weighted by molar-refractivity contribution is 5.14. The maximum absolute atomic E-state index is 3.22. The Bertz CT molecular complexity index is 262. The third kappa shape index (κ3) is 1.60. The van der Waals surface area contributed by atoms with Crippen LogP contribution in [0.15, 0.2) is 42.2 Å². The molecule has 0 heteroatoms. The Labute approximate surface area is 74.0 Å². The van der Waals surface area contributed by atoms with Crippen molar-refractivity contribution >= 4 is 0 Å². The molecule has 2 aliphatic carbocycles. The molecule has 0 aliphatic heterocycles. The molecule has 2 rings (SSSR count). The molecule has 0 spiro atoms. The summed E-state index contributed by atoms with van der Waals surface area (Å²) >= 11 is 0. The van der Waals surface area contributed by atoms with Crippen LogP contribution in [0.3, 0.4) is 0 Å². The van der Waals surface area contributed by atoms with Gasteiger partial charge in [0.15, 0.2) is 0 Å². The summed E-state index contributed by atoms with van der Waals surface area (Å²) in [5.74, 6) is 1.47. The van der Waals surface area contributed by atoms with Crippen molar-refractivity contribution in [2.75, 3.05) is 0 Å². The summed E-state index contributed by atoms with van der Waals surface area (Å²) in [7, 11) is 0. The van der Waals surface area contributed by atoms with E-state index in [-0.39, 0.29) is 0 Å². The molecule has 12 heavy (non-hydrogen) atoms. The molecule has 0 bridgehead atoms. The summed E-state index contributed by atoms with van der Waals surface area (Å²) < 4.78 is 0. The van der Waals surface area contributed by atoms with E-state index in [2.05, 4.69) is 42.2 Å². The standard InChI is InChI=1S/C12H14/c1-3-7-11(8-4-1)12-9-5-2-6-10-12/h1-4,7,10-12H,5,8-9H2. The van der Waals surface area contributed by atoms with Gasteiger partial charge in [-0.05, 0) is 43.3 Å². The third-order valence-corrected chi connectivity index (χ3v) is 2.64. The second-order valence-electron chi connectivity index (χ2n) is 3.49. The van der Waals surface area contributed by atoms with Crippen LogP contribution in [0.5, 0.6) is 0 Å². The fourth-order valence-corrected chi connectivity index (χ4v) is 1.89. The van der Waals surface area contributed by atoms with Crippen molar-refractivity contribution in [1.82, 2.24) is 0 Å². The van der Waals surface area contributed by atoms with E-state index in [0.717, 1.165) is 11.8 Å². The highest BCUT2D eigenvalue weighted by Crippen LogP contribution is 2.27. The summed E-state index contributed by atoms with van der Waals surface area (Å²) in [5.41, 5.74) is 3.22. The molecule has 2 aliphatic rings. The van der Waals surface area contributed by atoms with Gasteiger partial charge >= 0.3 is 0 Å². The molecule has 2 unspecified atom stereocenters. The zero-order chi connectivity index (χ0) is 8.23. The van der Waals surface area contributed by atoms with Crippen molar-refractivity contribution < 1.29 is 0 Å². The molecule has 0 fully saturated rings. The lowest BCUT2D eigenvalue weighted by Gasteiger charge is -2.22. The fourth-order valence-electron chi connectivity index (χ4n) is 1.89. The molecule has 0 aromatic heterocycles. The zero-order valence-corrected chi connectivity index (χ0v) is 7.24. The molecular weight excluding hydrogens is 144 g/mol. The quantitative estimate of drug-likeness (QED) is 0.514. The van der Waals surface area contributed by atoms with Crippen molar-refractivity contribution in [1.29, 1.82) is 0 Å². The van der Waals surface area contributed by atoms with Crippen molar-refractivity contribution in [3.63, 3.8) is 0 Å². The normalized spacial score (nSPS) is 32.7. The number of allylic oxidation sites excluding steroid dienone is 5. The van der Waals surface area contributed by atoms with Gasteiger partial charge in [-0.1, -0.05) is 24.3 Å². The average Bonchev–Trinajstić information content (AvgIpc) is 2.21. The Morgan fingerprint density at radius 2 is 2.17 bits per heavy atom. The number of hydrogen-bond donors (Lipinski definition) is 0. The van der Waals surface area contributed by atoms with Gasteiger partial charge in [0.25, 0.3) is 0 Å². The lowest BCUT2D eigenvalue weighted by molar-refractivity contribution is 0.445. The van der Waals surface area contributed by atoms with Gasteiger partial charge in [0.05, 0.1) is 0 Å². The van der Waals surface area contributed by atoms with Crippen LogP contribution < -0.4 is 0 Å². The molecule has 62 valence electrons. The van der Waals surface area contributed by atoms with Crippen LogP contribution in [-0.4, -0.2) is 0 Å². The Morgan fingerprint density at radius 3 is 2.83 bits per heavy atom. The zero-order valence-electron chi connectivity index (χ0n) is 7.24. The Morgan fingerprint density at radius 1 is 1.17 bits per heavy atom. The summed E-state index contributed by atoms with van der Waals surface area (Å²) in [6, 6.07) is 0. The first-order valence-corrected chi connectivity index (χ1v) is 4.71. The van der Waals surface area contributed by atoms with Crippen LogP contribution in [0.25, 0.3) is 0 Å². The molecule has 0 N–H and O–H groups in total. The molecule has 0 radical (unpaired) electrons. The van der Waals surface area contributed by atoms with E-state index in [1.807, 2.05) is 0 Å². The smallest absolute Gasteiger partial charge is 0.00884 e. The highest BCUT2D eigenvalue weighted by atomic mass is 14.2. The second kappa shape index (κ2) is 3.60. The van der Waals surface area contributed by atoms with E-state index in [1.165, 1.54) is 19.3 Å². The largest absolute Gasteiger partial charge is 0.129 e. The monoisotopic (exact) mass is 158 g/mol. The summed E-state index contributed by atoms with van der Waals surface area (Å²) in [5, 5.41) is 0. The molecular formula is C12H14. The van der Waals surface area contributed by atoms with Crippen LogP contribution in [0.4, 0.5) is 0 Å². The minimum absolute atomic E-state index is 0.733. The Balaban J connectivity index is 2.05. The minimum atomic E-state index is 0.733. The predicted octanol–water partition coefficient (Wildman–Crippen LogP) is 3.24. The fraction of sp³-hybridized carbons (Fsp3) is 0.417. The molecule has 0 saturated heterocycles. The van der Waals surface area contributed by atoms with Gasteiger partial charge in [-0.15, -0.1) is 5.73 Å². The van der Waals surface area contributed by atoms with Gasteiger partial charge in [-0.25, -0.2) is 0 Å². The first kappa shape index (κ1) is 7.64. The van der Waals surface area contributed by atoms with Gasteiger partial charge in [0, 0.05) is 0 Å². The van der Waals surface area contributed by atoms with Crippen molar-refractivity contribution in [3.8, 4) is 0 Å². The number of rotatable bonds is 1. The first-order chi connectivity index (χ1) is 5.97. The molecule has 0 saturated carbocycles. The van der Waals surface area contributed by atoms with Crippen molar-refractivity contribution in [2.45, 2.75) is 19.3 Å². The third-order valence-electron chi connectivity index (χ3n) is 2.64. The van der Waals surface area contributed by atoms with Gasteiger partial charge in [0.2, 0.25) is 0 Å². The maximum atomic E-state index is 3.22. The lowest BCUT2D eigenvalue weighted by Crippen LogP contribution is -2.11. The molecule has 2 atom stereocenters. The van der Waals surface area contributed by atoms with E-state index in [0.29, 0.717) is 0 Å². The van der Waals surface area contributed by atoms with Crippen LogP contribution in [0, 0.1) is 11.8 Å². The van der Waals surface area contributed by atoms with E-state index >= 15 is 0 Å². The van der Waals surface area contributed by atoms with E-state index in [4.69, 9.17) is 0 Å². The summed E-state index contributed by atoms with van der Waals surface area (Å²) in [6.45, 7) is 0. The van der Waals surface area contributed by atoms with Crippen molar-refractivity contribution in [2.24, 2.45) is 11.8 Å².